The van der Waals surface area contributed by atoms with E-state index in [0.29, 0.717) is 41.7 Å². The van der Waals surface area contributed by atoms with Crippen LogP contribution in [0.4, 0.5) is 8.78 Å². The number of fused-ring (bicyclic) bond motifs is 3. The van der Waals surface area contributed by atoms with Crippen molar-refractivity contribution >= 4 is 11.3 Å². The molecule has 0 bridgehead atoms. The molecule has 5 aromatic rings. The zero-order valence-electron chi connectivity index (χ0n) is 18.2. The SMILES string of the molecule is OCc1ncccc1-c1ccc2c(n1)-c1sc(-c3ncnn3-c3ccc(F)cc3F)cc1CCO2. The largest absolute Gasteiger partial charge is 0.491 e. The average molecular weight is 490 g/mol. The minimum absolute atomic E-state index is 0.111. The predicted octanol–water partition coefficient (Wildman–Crippen LogP) is 4.83. The lowest BCUT2D eigenvalue weighted by molar-refractivity contribution is 0.277. The van der Waals surface area contributed by atoms with Gasteiger partial charge in [-0.3, -0.25) is 4.98 Å². The van der Waals surface area contributed by atoms with E-state index < -0.39 is 11.6 Å². The third-order valence-corrected chi connectivity index (χ3v) is 6.91. The minimum atomic E-state index is -0.726. The second-order valence-corrected chi connectivity index (χ2v) is 8.91. The van der Waals surface area contributed by atoms with Gasteiger partial charge in [0.15, 0.2) is 11.6 Å². The van der Waals surface area contributed by atoms with Crippen molar-refractivity contribution in [1.29, 1.82) is 0 Å². The number of halogens is 2. The number of rotatable bonds is 4. The first-order chi connectivity index (χ1) is 17.1. The molecule has 0 spiro atoms. The van der Waals surface area contributed by atoms with Crippen LogP contribution in [0.2, 0.25) is 0 Å². The summed E-state index contributed by atoms with van der Waals surface area (Å²) in [4.78, 5) is 15.2. The summed E-state index contributed by atoms with van der Waals surface area (Å²) in [5.74, 6) is -0.285. The molecule has 1 aromatic carbocycles. The Hall–Kier alpha value is -4.02. The van der Waals surface area contributed by atoms with Crippen molar-refractivity contribution in [2.45, 2.75) is 13.0 Å². The molecule has 10 heteroatoms. The summed E-state index contributed by atoms with van der Waals surface area (Å²) < 4.78 is 35.2. The van der Waals surface area contributed by atoms with E-state index in [1.807, 2.05) is 24.3 Å². The van der Waals surface area contributed by atoms with Crippen LogP contribution in [-0.4, -0.2) is 36.4 Å². The average Bonchev–Trinajstić information content (AvgIpc) is 3.48. The van der Waals surface area contributed by atoms with Gasteiger partial charge in [-0.25, -0.2) is 23.4 Å². The topological polar surface area (TPSA) is 86.0 Å². The van der Waals surface area contributed by atoms with Crippen LogP contribution in [0.15, 0.2) is 61.1 Å². The Morgan fingerprint density at radius 1 is 1.09 bits per heavy atom. The lowest BCUT2D eigenvalue weighted by Gasteiger charge is -2.10. The molecule has 1 N–H and O–H groups in total. The van der Waals surface area contributed by atoms with Gasteiger partial charge in [0.25, 0.3) is 0 Å². The number of hydrogen-bond acceptors (Lipinski definition) is 7. The van der Waals surface area contributed by atoms with Crippen molar-refractivity contribution < 1.29 is 18.6 Å². The molecule has 174 valence electrons. The standard InChI is InChI=1S/C25H17F2N5O2S/c26-15-3-5-20(17(27)11-15)32-25(29-13-30-32)22-10-14-7-9-34-21-6-4-18(31-23(21)24(14)35-22)16-2-1-8-28-19(16)12-33/h1-6,8,10-11,13,33H,7,9,12H2. The number of thiophene rings is 1. The first-order valence-corrected chi connectivity index (χ1v) is 11.6. The maximum atomic E-state index is 14.5. The molecular formula is C25H17F2N5O2S. The van der Waals surface area contributed by atoms with Crippen LogP contribution in [0.25, 0.3) is 38.2 Å². The fraction of sp³-hybridized carbons (Fsp3) is 0.120. The molecule has 1 aliphatic rings. The molecule has 0 unspecified atom stereocenters. The summed E-state index contributed by atoms with van der Waals surface area (Å²) in [5, 5.41) is 13.9. The van der Waals surface area contributed by atoms with Gasteiger partial charge in [0.2, 0.25) is 0 Å². The highest BCUT2D eigenvalue weighted by atomic mass is 32.1. The first kappa shape index (κ1) is 21.5. The van der Waals surface area contributed by atoms with Crippen LogP contribution in [0.3, 0.4) is 0 Å². The van der Waals surface area contributed by atoms with E-state index >= 15 is 0 Å². The van der Waals surface area contributed by atoms with Crippen LogP contribution in [0.5, 0.6) is 5.75 Å². The smallest absolute Gasteiger partial charge is 0.173 e. The van der Waals surface area contributed by atoms with E-state index in [2.05, 4.69) is 15.1 Å². The van der Waals surface area contributed by atoms with E-state index in [0.717, 1.165) is 26.9 Å². The Morgan fingerprint density at radius 2 is 2.00 bits per heavy atom. The fourth-order valence-corrected chi connectivity index (χ4v) is 5.29. The maximum absolute atomic E-state index is 14.5. The van der Waals surface area contributed by atoms with E-state index in [4.69, 9.17) is 9.72 Å². The number of aromatic nitrogens is 5. The summed E-state index contributed by atoms with van der Waals surface area (Å²) in [6.45, 7) is 0.278. The highest BCUT2D eigenvalue weighted by molar-refractivity contribution is 7.19. The molecule has 5 heterocycles. The van der Waals surface area contributed by atoms with Gasteiger partial charge < -0.3 is 9.84 Å². The van der Waals surface area contributed by atoms with Gasteiger partial charge in [-0.15, -0.1) is 11.3 Å². The second kappa shape index (κ2) is 8.64. The van der Waals surface area contributed by atoms with E-state index in [1.54, 1.807) is 12.3 Å². The normalized spacial score (nSPS) is 12.5. The Balaban J connectivity index is 1.47. The number of pyridine rings is 2. The number of benzene rings is 1. The van der Waals surface area contributed by atoms with Gasteiger partial charge in [0, 0.05) is 24.2 Å². The van der Waals surface area contributed by atoms with E-state index in [9.17, 15) is 13.9 Å². The van der Waals surface area contributed by atoms with Crippen molar-refractivity contribution in [3.8, 4) is 44.0 Å². The van der Waals surface area contributed by atoms with Crippen LogP contribution in [0, 0.1) is 11.6 Å². The molecule has 0 saturated heterocycles. The summed E-state index contributed by atoms with van der Waals surface area (Å²) in [5.41, 5.74) is 3.76. The molecule has 0 radical (unpaired) electrons. The van der Waals surface area contributed by atoms with Gasteiger partial charge in [-0.05, 0) is 48.0 Å². The van der Waals surface area contributed by atoms with Gasteiger partial charge in [0.1, 0.15) is 29.3 Å². The summed E-state index contributed by atoms with van der Waals surface area (Å²) >= 11 is 1.45. The lowest BCUT2D eigenvalue weighted by Crippen LogP contribution is -2.02. The molecule has 6 rings (SSSR count). The van der Waals surface area contributed by atoms with Crippen LogP contribution < -0.4 is 4.74 Å². The molecule has 0 fully saturated rings. The molecule has 0 amide bonds. The van der Waals surface area contributed by atoms with Crippen molar-refractivity contribution in [1.82, 2.24) is 24.7 Å². The number of hydrogen-bond donors (Lipinski definition) is 1. The molecule has 7 nitrogen and oxygen atoms in total. The van der Waals surface area contributed by atoms with Crippen LogP contribution in [-0.2, 0) is 13.0 Å². The second-order valence-electron chi connectivity index (χ2n) is 7.85. The minimum Gasteiger partial charge on any atom is -0.491 e. The van der Waals surface area contributed by atoms with Gasteiger partial charge in [-0.2, -0.15) is 5.10 Å². The third kappa shape index (κ3) is 3.76. The zero-order chi connectivity index (χ0) is 23.9. The van der Waals surface area contributed by atoms with E-state index in [1.165, 1.54) is 34.5 Å². The third-order valence-electron chi connectivity index (χ3n) is 5.73. The van der Waals surface area contributed by atoms with Crippen LogP contribution >= 0.6 is 11.3 Å². The Labute approximate surface area is 202 Å². The number of aliphatic hydroxyl groups excluding tert-OH is 1. The summed E-state index contributed by atoms with van der Waals surface area (Å²) in [6, 6.07) is 12.7. The quantitative estimate of drug-likeness (QED) is 0.389. The first-order valence-electron chi connectivity index (χ1n) is 10.8. The van der Waals surface area contributed by atoms with Crippen LogP contribution in [0.1, 0.15) is 11.3 Å². The lowest BCUT2D eigenvalue weighted by atomic mass is 10.1. The fourth-order valence-electron chi connectivity index (χ4n) is 4.11. The van der Waals surface area contributed by atoms with Crippen molar-refractivity contribution in [3.63, 3.8) is 0 Å². The Bertz CT molecular complexity index is 1570. The van der Waals surface area contributed by atoms with Gasteiger partial charge in [-0.1, -0.05) is 0 Å². The van der Waals surface area contributed by atoms with Crippen molar-refractivity contribution in [2.24, 2.45) is 0 Å². The monoisotopic (exact) mass is 489 g/mol. The Morgan fingerprint density at radius 3 is 2.86 bits per heavy atom. The molecule has 1 aliphatic heterocycles. The molecule has 0 saturated carbocycles. The molecular weight excluding hydrogens is 472 g/mol. The van der Waals surface area contributed by atoms with Crippen molar-refractivity contribution in [3.05, 3.63) is 83.9 Å². The number of aliphatic hydroxyl groups is 1. The van der Waals surface area contributed by atoms with Gasteiger partial charge >= 0.3 is 0 Å². The van der Waals surface area contributed by atoms with E-state index in [-0.39, 0.29) is 12.3 Å². The molecule has 0 atom stereocenters. The summed E-state index contributed by atoms with van der Waals surface area (Å²) in [6.07, 6.45) is 3.63. The number of nitrogens with zero attached hydrogens (tertiary/aromatic N) is 5. The Kier molecular flexibility index (Phi) is 5.31. The maximum Gasteiger partial charge on any atom is 0.173 e. The molecule has 35 heavy (non-hydrogen) atoms. The predicted molar refractivity (Wildman–Crippen MR) is 126 cm³/mol. The highest BCUT2D eigenvalue weighted by Gasteiger charge is 2.24. The zero-order valence-corrected chi connectivity index (χ0v) is 19.0. The summed E-state index contributed by atoms with van der Waals surface area (Å²) in [7, 11) is 0. The number of ether oxygens (including phenoxy) is 1. The van der Waals surface area contributed by atoms with Gasteiger partial charge in [0.05, 0.1) is 34.4 Å². The molecule has 0 aliphatic carbocycles. The van der Waals surface area contributed by atoms with Crippen molar-refractivity contribution in [2.75, 3.05) is 6.61 Å². The molecule has 4 aromatic heterocycles. The highest BCUT2D eigenvalue weighted by Crippen LogP contribution is 2.43.